The van der Waals surface area contributed by atoms with Gasteiger partial charge in [0.25, 0.3) is 0 Å². The fraction of sp³-hybridized carbons (Fsp3) is 0.250. The van der Waals surface area contributed by atoms with E-state index in [1.54, 1.807) is 14.0 Å². The molecule has 0 saturated heterocycles. The Morgan fingerprint density at radius 2 is 1.83 bits per heavy atom. The first-order valence-corrected chi connectivity index (χ1v) is 8.04. The van der Waals surface area contributed by atoms with Crippen LogP contribution in [-0.4, -0.2) is 23.3 Å². The van der Waals surface area contributed by atoms with E-state index < -0.39 is 6.10 Å². The summed E-state index contributed by atoms with van der Waals surface area (Å²) in [4.78, 5) is 4.60. The van der Waals surface area contributed by atoms with E-state index >= 15 is 0 Å². The highest BCUT2D eigenvalue weighted by molar-refractivity contribution is 5.95. The predicted octanol–water partition coefficient (Wildman–Crippen LogP) is 4.09. The third-order valence-electron chi connectivity index (χ3n) is 4.10. The van der Waals surface area contributed by atoms with Gasteiger partial charge in [0.1, 0.15) is 11.3 Å². The van der Waals surface area contributed by atoms with Crippen LogP contribution in [-0.2, 0) is 0 Å². The summed E-state index contributed by atoms with van der Waals surface area (Å²) in [6.45, 7) is 3.75. The molecule has 0 saturated carbocycles. The first-order chi connectivity index (χ1) is 11.6. The first-order valence-electron chi connectivity index (χ1n) is 8.04. The number of benzene rings is 2. The Morgan fingerprint density at radius 1 is 1.08 bits per heavy atom. The van der Waals surface area contributed by atoms with Crippen LogP contribution in [0.3, 0.4) is 0 Å². The number of anilines is 1. The summed E-state index contributed by atoms with van der Waals surface area (Å²) in [5.74, 6) is 0.743. The molecule has 1 aromatic heterocycles. The topological polar surface area (TPSA) is 54.4 Å². The molecule has 2 unspecified atom stereocenters. The van der Waals surface area contributed by atoms with Crippen LogP contribution in [0, 0.1) is 6.92 Å². The van der Waals surface area contributed by atoms with Crippen molar-refractivity contribution < 1.29 is 9.84 Å². The highest BCUT2D eigenvalue weighted by Crippen LogP contribution is 2.32. The van der Waals surface area contributed by atoms with Gasteiger partial charge in [-0.1, -0.05) is 42.5 Å². The molecule has 0 aliphatic heterocycles. The minimum atomic E-state index is -0.540. The Morgan fingerprint density at radius 3 is 2.50 bits per heavy atom. The maximum absolute atomic E-state index is 10.3. The third-order valence-corrected chi connectivity index (χ3v) is 4.10. The number of hydrogen-bond acceptors (Lipinski definition) is 4. The van der Waals surface area contributed by atoms with Crippen molar-refractivity contribution in [2.24, 2.45) is 0 Å². The fourth-order valence-corrected chi connectivity index (χ4v) is 2.94. The van der Waals surface area contributed by atoms with Gasteiger partial charge in [-0.2, -0.15) is 0 Å². The van der Waals surface area contributed by atoms with Crippen molar-refractivity contribution in [1.82, 2.24) is 4.98 Å². The van der Waals surface area contributed by atoms with Gasteiger partial charge in [-0.25, -0.2) is 4.98 Å². The van der Waals surface area contributed by atoms with Gasteiger partial charge >= 0.3 is 0 Å². The molecule has 0 aliphatic rings. The van der Waals surface area contributed by atoms with Crippen molar-refractivity contribution in [3.8, 4) is 5.75 Å². The monoisotopic (exact) mass is 322 g/mol. The summed E-state index contributed by atoms with van der Waals surface area (Å²) in [7, 11) is 1.65. The zero-order valence-corrected chi connectivity index (χ0v) is 14.2. The van der Waals surface area contributed by atoms with Crippen LogP contribution < -0.4 is 10.1 Å². The lowest BCUT2D eigenvalue weighted by molar-refractivity contribution is 0.172. The van der Waals surface area contributed by atoms with Crippen LogP contribution in [0.25, 0.3) is 10.9 Å². The molecule has 3 rings (SSSR count). The van der Waals surface area contributed by atoms with Crippen LogP contribution in [0.15, 0.2) is 54.6 Å². The molecular weight excluding hydrogens is 300 g/mol. The van der Waals surface area contributed by atoms with Crippen LogP contribution in [0.5, 0.6) is 5.75 Å². The normalized spacial score (nSPS) is 13.5. The average Bonchev–Trinajstić information content (AvgIpc) is 2.59. The van der Waals surface area contributed by atoms with Crippen molar-refractivity contribution in [2.75, 3.05) is 12.4 Å². The second kappa shape index (κ2) is 6.89. The van der Waals surface area contributed by atoms with Gasteiger partial charge in [-0.05, 0) is 31.5 Å². The van der Waals surface area contributed by atoms with Gasteiger partial charge in [0, 0.05) is 16.8 Å². The van der Waals surface area contributed by atoms with E-state index in [1.807, 2.05) is 61.5 Å². The minimum Gasteiger partial charge on any atom is -0.494 e. The van der Waals surface area contributed by atoms with Crippen LogP contribution >= 0.6 is 0 Å². The molecule has 4 heteroatoms. The number of hydrogen-bond donors (Lipinski definition) is 2. The van der Waals surface area contributed by atoms with Crippen molar-refractivity contribution in [2.45, 2.75) is 26.0 Å². The SMILES string of the molecule is COc1cccc2c(NC(c3ccccc3)C(C)O)cc(C)nc12. The molecule has 0 radical (unpaired) electrons. The number of rotatable bonds is 5. The maximum atomic E-state index is 10.3. The molecule has 3 aromatic rings. The Balaban J connectivity index is 2.08. The molecule has 2 N–H and O–H groups in total. The summed E-state index contributed by atoms with van der Waals surface area (Å²) < 4.78 is 5.43. The van der Waals surface area contributed by atoms with Gasteiger partial charge in [0.2, 0.25) is 0 Å². The number of aliphatic hydroxyl groups excluding tert-OH is 1. The van der Waals surface area contributed by atoms with E-state index in [-0.39, 0.29) is 6.04 Å². The molecule has 1 heterocycles. The van der Waals surface area contributed by atoms with Crippen molar-refractivity contribution in [3.63, 3.8) is 0 Å². The Bertz CT molecular complexity index is 832. The molecule has 0 fully saturated rings. The molecular formula is C20H22N2O2. The number of para-hydroxylation sites is 1. The molecule has 0 spiro atoms. The second-order valence-electron chi connectivity index (χ2n) is 5.94. The van der Waals surface area contributed by atoms with Gasteiger partial charge < -0.3 is 15.2 Å². The van der Waals surface area contributed by atoms with E-state index in [0.29, 0.717) is 0 Å². The Labute approximate surface area is 142 Å². The number of aromatic nitrogens is 1. The lowest BCUT2D eigenvalue weighted by atomic mass is 10.0. The number of nitrogens with one attached hydrogen (secondary N) is 1. The third kappa shape index (κ3) is 3.19. The zero-order valence-electron chi connectivity index (χ0n) is 14.2. The number of aryl methyl sites for hydroxylation is 1. The van der Waals surface area contributed by atoms with Crippen LogP contribution in [0.4, 0.5) is 5.69 Å². The van der Waals surface area contributed by atoms with Crippen LogP contribution in [0.1, 0.15) is 24.2 Å². The van der Waals surface area contributed by atoms with Crippen LogP contribution in [0.2, 0.25) is 0 Å². The van der Waals surface area contributed by atoms with E-state index in [0.717, 1.165) is 33.6 Å². The summed E-state index contributed by atoms with van der Waals surface area (Å²) in [5, 5.41) is 14.7. The van der Waals surface area contributed by atoms with Crippen molar-refractivity contribution >= 4 is 16.6 Å². The number of fused-ring (bicyclic) bond motifs is 1. The van der Waals surface area contributed by atoms with E-state index in [1.165, 1.54) is 0 Å². The molecule has 24 heavy (non-hydrogen) atoms. The maximum Gasteiger partial charge on any atom is 0.145 e. The molecule has 4 nitrogen and oxygen atoms in total. The largest absolute Gasteiger partial charge is 0.494 e. The van der Waals surface area contributed by atoms with Gasteiger partial charge in [0.15, 0.2) is 0 Å². The lowest BCUT2D eigenvalue weighted by Gasteiger charge is -2.24. The summed E-state index contributed by atoms with van der Waals surface area (Å²) in [6, 6.07) is 17.6. The molecule has 0 amide bonds. The van der Waals surface area contributed by atoms with Crippen molar-refractivity contribution in [1.29, 1.82) is 0 Å². The minimum absolute atomic E-state index is 0.206. The van der Waals surface area contributed by atoms with Gasteiger partial charge in [0.05, 0.1) is 19.3 Å². The fourth-order valence-electron chi connectivity index (χ4n) is 2.94. The summed E-state index contributed by atoms with van der Waals surface area (Å²) >= 11 is 0. The smallest absolute Gasteiger partial charge is 0.145 e. The Hall–Kier alpha value is -2.59. The number of nitrogens with zero attached hydrogens (tertiary/aromatic N) is 1. The van der Waals surface area contributed by atoms with E-state index in [9.17, 15) is 5.11 Å². The predicted molar refractivity (Wildman–Crippen MR) is 97.5 cm³/mol. The average molecular weight is 322 g/mol. The van der Waals surface area contributed by atoms with E-state index in [2.05, 4.69) is 10.3 Å². The van der Waals surface area contributed by atoms with Crippen molar-refractivity contribution in [3.05, 3.63) is 65.9 Å². The quantitative estimate of drug-likeness (QED) is 0.743. The van der Waals surface area contributed by atoms with E-state index in [4.69, 9.17) is 4.74 Å². The Kier molecular flexibility index (Phi) is 4.67. The number of aliphatic hydroxyl groups is 1. The molecule has 2 aromatic carbocycles. The standard InChI is InChI=1S/C20H22N2O2/c1-13-12-17(16-10-7-11-18(24-3)20(16)21-13)22-19(14(2)23)15-8-5-4-6-9-15/h4-12,14,19,23H,1-3H3,(H,21,22). The molecule has 0 aliphatic carbocycles. The van der Waals surface area contributed by atoms with Gasteiger partial charge in [-0.3, -0.25) is 0 Å². The second-order valence-corrected chi connectivity index (χ2v) is 5.94. The molecule has 2 atom stereocenters. The number of ether oxygens (including phenoxy) is 1. The highest BCUT2D eigenvalue weighted by atomic mass is 16.5. The van der Waals surface area contributed by atoms with Gasteiger partial charge in [-0.15, -0.1) is 0 Å². The number of methoxy groups -OCH3 is 1. The number of pyridine rings is 1. The highest BCUT2D eigenvalue weighted by Gasteiger charge is 2.19. The molecule has 0 bridgehead atoms. The molecule has 124 valence electrons. The summed E-state index contributed by atoms with van der Waals surface area (Å²) in [5.41, 5.74) is 3.69. The first kappa shape index (κ1) is 16.3. The lowest BCUT2D eigenvalue weighted by Crippen LogP contribution is -2.23. The summed E-state index contributed by atoms with van der Waals surface area (Å²) in [6.07, 6.45) is -0.540. The zero-order chi connectivity index (χ0) is 17.1.